The summed E-state index contributed by atoms with van der Waals surface area (Å²) in [4.78, 5) is 14.3. The summed E-state index contributed by atoms with van der Waals surface area (Å²) in [5.41, 5.74) is 1.72. The number of benzene rings is 1. The minimum Gasteiger partial charge on any atom is -0.338 e. The molecule has 18 heavy (non-hydrogen) atoms. The highest BCUT2D eigenvalue weighted by molar-refractivity contribution is 6.31. The topological polar surface area (TPSA) is 32.3 Å². The Balaban J connectivity index is 2.08. The Hall–Kier alpha value is -1.06. The fraction of sp³-hybridized carbons (Fsp3) is 0.500. The van der Waals surface area contributed by atoms with Crippen LogP contribution in [0.25, 0.3) is 0 Å². The molecule has 1 aliphatic rings. The van der Waals surface area contributed by atoms with Crippen LogP contribution < -0.4 is 5.32 Å². The van der Waals surface area contributed by atoms with Crippen LogP contribution in [-0.4, -0.2) is 37.5 Å². The summed E-state index contributed by atoms with van der Waals surface area (Å²) >= 11 is 6.00. The molecule has 1 atom stereocenters. The first-order valence-electron chi connectivity index (χ1n) is 6.31. The van der Waals surface area contributed by atoms with Gasteiger partial charge in [0.15, 0.2) is 0 Å². The smallest absolute Gasteiger partial charge is 0.253 e. The van der Waals surface area contributed by atoms with Crippen molar-refractivity contribution in [1.82, 2.24) is 10.2 Å². The average molecular weight is 267 g/mol. The Morgan fingerprint density at radius 3 is 2.94 bits per heavy atom. The van der Waals surface area contributed by atoms with Gasteiger partial charge in [-0.3, -0.25) is 4.79 Å². The molecule has 98 valence electrons. The molecule has 1 unspecified atom stereocenters. The van der Waals surface area contributed by atoms with E-state index in [9.17, 15) is 4.79 Å². The highest BCUT2D eigenvalue weighted by atomic mass is 35.5. The lowest BCUT2D eigenvalue weighted by Crippen LogP contribution is -2.30. The van der Waals surface area contributed by atoms with Crippen molar-refractivity contribution >= 4 is 17.5 Å². The van der Waals surface area contributed by atoms with Gasteiger partial charge in [-0.25, -0.2) is 0 Å². The molecular weight excluding hydrogens is 248 g/mol. The molecule has 1 aromatic carbocycles. The zero-order chi connectivity index (χ0) is 13.1. The van der Waals surface area contributed by atoms with E-state index in [4.69, 9.17) is 11.6 Å². The van der Waals surface area contributed by atoms with Gasteiger partial charge in [0.25, 0.3) is 5.91 Å². The lowest BCUT2D eigenvalue weighted by atomic mass is 10.1. The Labute approximate surface area is 113 Å². The maximum Gasteiger partial charge on any atom is 0.253 e. The van der Waals surface area contributed by atoms with Crippen molar-refractivity contribution < 1.29 is 4.79 Å². The van der Waals surface area contributed by atoms with Gasteiger partial charge < -0.3 is 10.2 Å². The van der Waals surface area contributed by atoms with Crippen molar-refractivity contribution in [3.8, 4) is 0 Å². The van der Waals surface area contributed by atoms with Crippen LogP contribution in [0.3, 0.4) is 0 Å². The molecule has 2 rings (SSSR count). The van der Waals surface area contributed by atoms with Crippen LogP contribution in [0.2, 0.25) is 5.02 Å². The van der Waals surface area contributed by atoms with E-state index in [1.54, 1.807) is 6.07 Å². The van der Waals surface area contributed by atoms with Gasteiger partial charge in [0.2, 0.25) is 0 Å². The van der Waals surface area contributed by atoms with E-state index < -0.39 is 0 Å². The number of halogens is 1. The molecule has 1 aromatic rings. The number of likely N-dealkylation sites (tertiary alicyclic amines) is 1. The predicted molar refractivity (Wildman–Crippen MR) is 74.1 cm³/mol. The Morgan fingerprint density at radius 2 is 2.28 bits per heavy atom. The summed E-state index contributed by atoms with van der Waals surface area (Å²) in [5.74, 6) is 0.665. The third-order valence-electron chi connectivity index (χ3n) is 3.35. The van der Waals surface area contributed by atoms with Crippen molar-refractivity contribution in [3.05, 3.63) is 34.3 Å². The summed E-state index contributed by atoms with van der Waals surface area (Å²) in [7, 11) is 1.95. The molecule has 1 heterocycles. The monoisotopic (exact) mass is 266 g/mol. The van der Waals surface area contributed by atoms with Crippen molar-refractivity contribution in [1.29, 1.82) is 0 Å². The van der Waals surface area contributed by atoms with Crippen LogP contribution in [-0.2, 0) is 0 Å². The number of rotatable bonds is 3. The first-order chi connectivity index (χ1) is 8.60. The molecular formula is C14H19ClN2O. The molecule has 0 aliphatic carbocycles. The largest absolute Gasteiger partial charge is 0.338 e. The molecule has 1 fully saturated rings. The number of carbonyl (C=O) groups is 1. The zero-order valence-electron chi connectivity index (χ0n) is 10.9. The SMILES string of the molecule is CNCC1CCN(C(=O)c2cc(C)cc(Cl)c2)C1. The summed E-state index contributed by atoms with van der Waals surface area (Å²) in [6.45, 7) is 4.61. The number of hydrogen-bond donors (Lipinski definition) is 1. The molecule has 1 saturated heterocycles. The van der Waals surface area contributed by atoms with Crippen LogP contribution >= 0.6 is 11.6 Å². The van der Waals surface area contributed by atoms with Gasteiger partial charge in [0, 0.05) is 23.7 Å². The highest BCUT2D eigenvalue weighted by Crippen LogP contribution is 2.21. The second-order valence-electron chi connectivity index (χ2n) is 4.98. The van der Waals surface area contributed by atoms with Crippen LogP contribution in [0, 0.1) is 12.8 Å². The lowest BCUT2D eigenvalue weighted by molar-refractivity contribution is 0.0787. The number of hydrogen-bond acceptors (Lipinski definition) is 2. The first kappa shape index (κ1) is 13.4. The summed E-state index contributed by atoms with van der Waals surface area (Å²) < 4.78 is 0. The predicted octanol–water partition coefficient (Wildman–Crippen LogP) is 2.33. The minimum absolute atomic E-state index is 0.0965. The second kappa shape index (κ2) is 5.72. The summed E-state index contributed by atoms with van der Waals surface area (Å²) in [6.07, 6.45) is 1.08. The van der Waals surface area contributed by atoms with E-state index in [2.05, 4.69) is 5.32 Å². The molecule has 0 bridgehead atoms. The van der Waals surface area contributed by atoms with Gasteiger partial charge in [-0.1, -0.05) is 11.6 Å². The van der Waals surface area contributed by atoms with E-state index in [0.717, 1.165) is 31.6 Å². The lowest BCUT2D eigenvalue weighted by Gasteiger charge is -2.17. The van der Waals surface area contributed by atoms with Crippen LogP contribution in [0.5, 0.6) is 0 Å². The van der Waals surface area contributed by atoms with E-state index >= 15 is 0 Å². The van der Waals surface area contributed by atoms with E-state index in [1.165, 1.54) is 0 Å². The van der Waals surface area contributed by atoms with Gasteiger partial charge in [-0.15, -0.1) is 0 Å². The summed E-state index contributed by atoms with van der Waals surface area (Å²) in [5, 5.41) is 3.80. The second-order valence-corrected chi connectivity index (χ2v) is 5.42. The molecule has 1 aliphatic heterocycles. The first-order valence-corrected chi connectivity index (χ1v) is 6.69. The molecule has 0 aromatic heterocycles. The number of carbonyl (C=O) groups excluding carboxylic acids is 1. The number of amides is 1. The van der Waals surface area contributed by atoms with E-state index in [-0.39, 0.29) is 5.91 Å². The van der Waals surface area contributed by atoms with Crippen LogP contribution in [0.4, 0.5) is 0 Å². The maximum atomic E-state index is 12.3. The fourth-order valence-corrected chi connectivity index (χ4v) is 2.80. The van der Waals surface area contributed by atoms with Crippen molar-refractivity contribution in [2.24, 2.45) is 5.92 Å². The van der Waals surface area contributed by atoms with Gasteiger partial charge in [0.05, 0.1) is 0 Å². The Morgan fingerprint density at radius 1 is 1.50 bits per heavy atom. The average Bonchev–Trinajstić information content (AvgIpc) is 2.76. The zero-order valence-corrected chi connectivity index (χ0v) is 11.6. The van der Waals surface area contributed by atoms with Crippen LogP contribution in [0.15, 0.2) is 18.2 Å². The number of nitrogens with one attached hydrogen (secondary N) is 1. The molecule has 0 spiro atoms. The van der Waals surface area contributed by atoms with Gasteiger partial charge >= 0.3 is 0 Å². The van der Waals surface area contributed by atoms with Crippen LogP contribution in [0.1, 0.15) is 22.3 Å². The number of nitrogens with zero attached hydrogens (tertiary/aromatic N) is 1. The molecule has 1 N–H and O–H groups in total. The normalized spacial score (nSPS) is 19.3. The van der Waals surface area contributed by atoms with E-state index in [1.807, 2.05) is 31.0 Å². The third kappa shape index (κ3) is 3.03. The third-order valence-corrected chi connectivity index (χ3v) is 3.57. The molecule has 0 radical (unpaired) electrons. The highest BCUT2D eigenvalue weighted by Gasteiger charge is 2.26. The van der Waals surface area contributed by atoms with Gasteiger partial charge in [0.1, 0.15) is 0 Å². The van der Waals surface area contributed by atoms with Gasteiger partial charge in [-0.2, -0.15) is 0 Å². The molecule has 1 amide bonds. The Kier molecular flexibility index (Phi) is 4.25. The van der Waals surface area contributed by atoms with Crippen molar-refractivity contribution in [3.63, 3.8) is 0 Å². The standard InChI is InChI=1S/C14H19ClN2O/c1-10-5-12(7-13(15)6-10)14(18)17-4-3-11(9-17)8-16-2/h5-7,11,16H,3-4,8-9H2,1-2H3. The summed E-state index contributed by atoms with van der Waals surface area (Å²) in [6, 6.07) is 5.52. The van der Waals surface area contributed by atoms with Crippen molar-refractivity contribution in [2.45, 2.75) is 13.3 Å². The van der Waals surface area contributed by atoms with Crippen molar-refractivity contribution in [2.75, 3.05) is 26.7 Å². The van der Waals surface area contributed by atoms with E-state index in [0.29, 0.717) is 16.5 Å². The maximum absolute atomic E-state index is 12.3. The van der Waals surface area contributed by atoms with Gasteiger partial charge in [-0.05, 0) is 56.6 Å². The fourth-order valence-electron chi connectivity index (χ4n) is 2.51. The molecule has 3 nitrogen and oxygen atoms in total. The molecule has 0 saturated carbocycles. The minimum atomic E-state index is 0.0965. The Bertz CT molecular complexity index is 427. The quantitative estimate of drug-likeness (QED) is 0.911. The number of aryl methyl sites for hydroxylation is 1. The molecule has 4 heteroatoms.